The molecule has 0 atom stereocenters. The van der Waals surface area contributed by atoms with E-state index in [1.807, 2.05) is 12.1 Å². The molecule has 1 heterocycles. The third kappa shape index (κ3) is 6.48. The molecule has 12 heteroatoms. The Morgan fingerprint density at radius 1 is 0.878 bits per heavy atom. The van der Waals surface area contributed by atoms with E-state index in [0.29, 0.717) is 46.2 Å². The van der Waals surface area contributed by atoms with E-state index in [-0.39, 0.29) is 22.0 Å². The molecule has 0 aliphatic heterocycles. The number of fused-ring (bicyclic) bond motifs is 1. The summed E-state index contributed by atoms with van der Waals surface area (Å²) >= 11 is 31.7. The Morgan fingerprint density at radius 2 is 1.61 bits per heavy atom. The predicted octanol–water partition coefficient (Wildman–Crippen LogP) is 9.96. The number of carbonyl (C=O) groups excluding carboxylic acids is 2. The van der Waals surface area contributed by atoms with Gasteiger partial charge in [-0.25, -0.2) is 10.2 Å². The Bertz CT molecular complexity index is 1870. The number of nitrogens with zero attached hydrogens (tertiary/aromatic N) is 1. The van der Waals surface area contributed by atoms with Crippen LogP contribution in [0.4, 0.5) is 0 Å². The summed E-state index contributed by atoms with van der Waals surface area (Å²) in [5.41, 5.74) is 5.24. The van der Waals surface area contributed by atoms with Gasteiger partial charge in [-0.05, 0) is 70.5 Å². The number of amides is 1. The van der Waals surface area contributed by atoms with Gasteiger partial charge in [0.2, 0.25) is 0 Å². The van der Waals surface area contributed by atoms with Gasteiger partial charge in [0.25, 0.3) is 5.91 Å². The van der Waals surface area contributed by atoms with E-state index in [0.717, 1.165) is 5.39 Å². The Hall–Kier alpha value is -2.85. The number of nitrogens with one attached hydrogen (secondary N) is 2. The number of aromatic nitrogens is 1. The maximum atomic E-state index is 13.4. The number of hydrazone groups is 1. The van der Waals surface area contributed by atoms with Gasteiger partial charge in [-0.15, -0.1) is 0 Å². The number of carbonyl (C=O) groups is 2. The first-order valence-electron chi connectivity index (χ1n) is 11.7. The molecule has 0 bridgehead atoms. The van der Waals surface area contributed by atoms with Crippen molar-refractivity contribution >= 4 is 107 Å². The van der Waals surface area contributed by atoms with Crippen LogP contribution in [0.5, 0.6) is 5.75 Å². The lowest BCUT2D eigenvalue weighted by Crippen LogP contribution is -2.19. The van der Waals surface area contributed by atoms with Gasteiger partial charge in [0.05, 0.1) is 21.3 Å². The second kappa shape index (κ2) is 12.6. The lowest BCUT2D eigenvalue weighted by Gasteiger charge is -2.11. The van der Waals surface area contributed by atoms with E-state index in [9.17, 15) is 9.59 Å². The van der Waals surface area contributed by atoms with E-state index in [4.69, 9.17) is 51.1 Å². The normalized spacial score (nSPS) is 11.3. The molecular formula is C29H15Br2Cl4N3O3. The Kier molecular flexibility index (Phi) is 9.09. The van der Waals surface area contributed by atoms with Crippen LogP contribution in [0.25, 0.3) is 22.0 Å². The molecule has 41 heavy (non-hydrogen) atoms. The van der Waals surface area contributed by atoms with Crippen LogP contribution in [0.1, 0.15) is 26.4 Å². The number of hydrogen-bond donors (Lipinski definition) is 2. The van der Waals surface area contributed by atoms with Crippen LogP contribution in [-0.4, -0.2) is 23.1 Å². The fraction of sp³-hybridized carbons (Fsp3) is 0. The van der Waals surface area contributed by atoms with Crippen LogP contribution in [-0.2, 0) is 0 Å². The molecule has 0 aliphatic carbocycles. The highest BCUT2D eigenvalue weighted by Gasteiger charge is 2.22. The first kappa shape index (κ1) is 29.6. The minimum atomic E-state index is -0.700. The number of ether oxygens (including phenoxy) is 1. The molecule has 5 rings (SSSR count). The van der Waals surface area contributed by atoms with Crippen molar-refractivity contribution < 1.29 is 14.3 Å². The van der Waals surface area contributed by atoms with E-state index in [1.165, 1.54) is 24.4 Å². The van der Waals surface area contributed by atoms with Crippen LogP contribution >= 0.6 is 78.3 Å². The molecule has 4 aromatic carbocycles. The molecule has 0 saturated carbocycles. The van der Waals surface area contributed by atoms with Gasteiger partial charge in [0, 0.05) is 47.1 Å². The van der Waals surface area contributed by atoms with Crippen LogP contribution in [0.2, 0.25) is 20.1 Å². The molecule has 5 aromatic rings. The number of rotatable bonds is 6. The highest BCUT2D eigenvalue weighted by molar-refractivity contribution is 9.11. The molecule has 0 radical (unpaired) electrons. The first-order chi connectivity index (χ1) is 19.6. The van der Waals surface area contributed by atoms with Crippen molar-refractivity contribution in [2.75, 3.05) is 0 Å². The highest BCUT2D eigenvalue weighted by atomic mass is 79.9. The average molecular weight is 755 g/mol. The molecule has 0 saturated heterocycles. The SMILES string of the molecule is O=C(Oc1c(Br)cc(Br)cc1C=NNC(=O)c1[nH]c2ccc(Cl)cc2c1-c1ccccc1Cl)c1ccc(Cl)cc1Cl. The van der Waals surface area contributed by atoms with E-state index < -0.39 is 11.9 Å². The molecule has 1 aromatic heterocycles. The van der Waals surface area contributed by atoms with E-state index in [1.54, 1.807) is 42.5 Å². The summed E-state index contributed by atoms with van der Waals surface area (Å²) in [7, 11) is 0. The fourth-order valence-corrected chi connectivity index (χ4v) is 6.31. The monoisotopic (exact) mass is 751 g/mol. The highest BCUT2D eigenvalue weighted by Crippen LogP contribution is 2.38. The topological polar surface area (TPSA) is 83.5 Å². The Balaban J connectivity index is 1.46. The van der Waals surface area contributed by atoms with Gasteiger partial charge in [-0.1, -0.05) is 80.5 Å². The number of esters is 1. The van der Waals surface area contributed by atoms with E-state index >= 15 is 0 Å². The van der Waals surface area contributed by atoms with Crippen LogP contribution in [0.15, 0.2) is 86.8 Å². The molecule has 206 valence electrons. The van der Waals surface area contributed by atoms with Gasteiger partial charge >= 0.3 is 5.97 Å². The Morgan fingerprint density at radius 3 is 2.37 bits per heavy atom. The van der Waals surface area contributed by atoms with Crippen molar-refractivity contribution in [2.45, 2.75) is 0 Å². The summed E-state index contributed by atoms with van der Waals surface area (Å²) in [6, 6.07) is 20.3. The maximum absolute atomic E-state index is 13.4. The molecule has 6 nitrogen and oxygen atoms in total. The van der Waals surface area contributed by atoms with Crippen LogP contribution in [0.3, 0.4) is 0 Å². The second-order valence-corrected chi connectivity index (χ2v) is 12.0. The number of halogens is 6. The fourth-order valence-electron chi connectivity index (χ4n) is 4.08. The van der Waals surface area contributed by atoms with Crippen molar-refractivity contribution in [2.24, 2.45) is 5.10 Å². The summed E-state index contributed by atoms with van der Waals surface area (Å²) in [5.74, 6) is -1.06. The van der Waals surface area contributed by atoms with Gasteiger partial charge in [-0.2, -0.15) is 5.10 Å². The predicted molar refractivity (Wildman–Crippen MR) is 172 cm³/mol. The van der Waals surface area contributed by atoms with Crippen molar-refractivity contribution in [3.05, 3.63) is 119 Å². The number of H-pyrrole nitrogens is 1. The molecule has 0 fully saturated rings. The number of benzene rings is 4. The maximum Gasteiger partial charge on any atom is 0.345 e. The van der Waals surface area contributed by atoms with E-state index in [2.05, 4.69) is 47.4 Å². The number of hydrogen-bond acceptors (Lipinski definition) is 4. The molecule has 1 amide bonds. The van der Waals surface area contributed by atoms with Gasteiger partial charge in [0.15, 0.2) is 5.75 Å². The third-order valence-electron chi connectivity index (χ3n) is 5.88. The van der Waals surface area contributed by atoms with Crippen molar-refractivity contribution in [3.8, 4) is 16.9 Å². The van der Waals surface area contributed by atoms with Gasteiger partial charge in [0.1, 0.15) is 5.69 Å². The van der Waals surface area contributed by atoms with Crippen molar-refractivity contribution in [1.82, 2.24) is 10.4 Å². The van der Waals surface area contributed by atoms with Gasteiger partial charge < -0.3 is 9.72 Å². The molecule has 2 N–H and O–H groups in total. The summed E-state index contributed by atoms with van der Waals surface area (Å²) < 4.78 is 6.79. The quantitative estimate of drug-likeness (QED) is 0.0784. The third-order valence-corrected chi connectivity index (χ3v) is 8.04. The zero-order valence-electron chi connectivity index (χ0n) is 20.4. The lowest BCUT2D eigenvalue weighted by atomic mass is 10.0. The molecule has 0 unspecified atom stereocenters. The van der Waals surface area contributed by atoms with Crippen LogP contribution in [0, 0.1) is 0 Å². The minimum absolute atomic E-state index is 0.132. The zero-order valence-corrected chi connectivity index (χ0v) is 26.6. The van der Waals surface area contributed by atoms with Crippen LogP contribution < -0.4 is 10.2 Å². The lowest BCUT2D eigenvalue weighted by molar-refractivity contribution is 0.0733. The standard InChI is InChI=1S/C29H15Br2Cl4N3O3/c30-15-9-14(27(21(31)10-15)41-29(40)19-7-5-17(33)12-23(19)35)13-36-38-28(39)26-25(18-3-1-2-4-22(18)34)20-11-16(32)6-8-24(20)37-26/h1-13,37H,(H,38,39). The zero-order chi connectivity index (χ0) is 29.3. The summed E-state index contributed by atoms with van der Waals surface area (Å²) in [4.78, 5) is 29.4. The average Bonchev–Trinajstić information content (AvgIpc) is 3.29. The molecule has 0 aliphatic rings. The second-order valence-electron chi connectivity index (χ2n) is 8.56. The minimum Gasteiger partial charge on any atom is -0.421 e. The molecule has 0 spiro atoms. The smallest absolute Gasteiger partial charge is 0.345 e. The largest absolute Gasteiger partial charge is 0.421 e. The summed E-state index contributed by atoms with van der Waals surface area (Å²) in [6.07, 6.45) is 1.36. The number of aromatic amines is 1. The first-order valence-corrected chi connectivity index (χ1v) is 14.8. The van der Waals surface area contributed by atoms with Gasteiger partial charge in [-0.3, -0.25) is 4.79 Å². The summed E-state index contributed by atoms with van der Waals surface area (Å²) in [5, 5.41) is 6.37. The van der Waals surface area contributed by atoms with Crippen molar-refractivity contribution in [3.63, 3.8) is 0 Å². The molecular weight excluding hydrogens is 740 g/mol. The van der Waals surface area contributed by atoms with Crippen molar-refractivity contribution in [1.29, 1.82) is 0 Å². The summed E-state index contributed by atoms with van der Waals surface area (Å²) in [6.45, 7) is 0. The Labute approximate surface area is 270 Å².